The van der Waals surface area contributed by atoms with Crippen molar-refractivity contribution < 1.29 is 4.74 Å². The Morgan fingerprint density at radius 3 is 2.14 bits per heavy atom. The average Bonchev–Trinajstić information content (AvgIpc) is 2.58. The lowest BCUT2D eigenvalue weighted by Gasteiger charge is -2.37. The molecule has 2 aliphatic carbocycles. The first-order valence-corrected chi connectivity index (χ1v) is 9.67. The second kappa shape index (κ2) is 10.3. The minimum Gasteiger partial charge on any atom is -0.378 e. The molecule has 0 heterocycles. The summed E-state index contributed by atoms with van der Waals surface area (Å²) in [5.41, 5.74) is 0. The van der Waals surface area contributed by atoms with Gasteiger partial charge in [-0.05, 0) is 82.5 Å². The highest BCUT2D eigenvalue weighted by atomic mass is 16.5. The van der Waals surface area contributed by atoms with E-state index in [1.807, 2.05) is 0 Å². The van der Waals surface area contributed by atoms with E-state index < -0.39 is 0 Å². The fourth-order valence-electron chi connectivity index (χ4n) is 4.50. The molecule has 126 valence electrons. The SMILES string of the molecule is C=CCC[C@H]1CC[C@H]([C@H]2CC[C@H](OCC/C=C\C)CC2)CC1. The van der Waals surface area contributed by atoms with Crippen molar-refractivity contribution in [1.82, 2.24) is 0 Å². The normalized spacial score (nSPS) is 33.1. The van der Waals surface area contributed by atoms with Gasteiger partial charge in [0.1, 0.15) is 0 Å². The van der Waals surface area contributed by atoms with Crippen molar-refractivity contribution in [2.24, 2.45) is 17.8 Å². The maximum Gasteiger partial charge on any atom is 0.0575 e. The lowest BCUT2D eigenvalue weighted by molar-refractivity contribution is 0.00913. The molecular weight excluding hydrogens is 268 g/mol. The van der Waals surface area contributed by atoms with Gasteiger partial charge < -0.3 is 4.74 Å². The van der Waals surface area contributed by atoms with Gasteiger partial charge >= 0.3 is 0 Å². The van der Waals surface area contributed by atoms with Crippen LogP contribution >= 0.6 is 0 Å². The van der Waals surface area contributed by atoms with Crippen molar-refractivity contribution in [3.05, 3.63) is 24.8 Å². The summed E-state index contributed by atoms with van der Waals surface area (Å²) in [6.07, 6.45) is 22.0. The predicted octanol–water partition coefficient (Wildman–Crippen LogP) is 6.30. The summed E-state index contributed by atoms with van der Waals surface area (Å²) < 4.78 is 6.02. The zero-order valence-corrected chi connectivity index (χ0v) is 14.6. The van der Waals surface area contributed by atoms with Crippen LogP contribution in [0, 0.1) is 17.8 Å². The van der Waals surface area contributed by atoms with Gasteiger partial charge in [0.2, 0.25) is 0 Å². The van der Waals surface area contributed by atoms with Crippen LogP contribution in [0.1, 0.15) is 77.6 Å². The first kappa shape index (κ1) is 17.8. The highest BCUT2D eigenvalue weighted by molar-refractivity contribution is 4.83. The monoisotopic (exact) mass is 304 g/mol. The molecule has 0 amide bonds. The Labute approximate surface area is 138 Å². The average molecular weight is 305 g/mol. The molecule has 2 aliphatic rings. The number of rotatable bonds is 8. The zero-order valence-electron chi connectivity index (χ0n) is 14.6. The molecule has 0 unspecified atom stereocenters. The van der Waals surface area contributed by atoms with Crippen LogP contribution in [0.25, 0.3) is 0 Å². The molecular formula is C21H36O. The van der Waals surface area contributed by atoms with E-state index in [0.29, 0.717) is 6.10 Å². The summed E-state index contributed by atoms with van der Waals surface area (Å²) in [4.78, 5) is 0. The molecule has 2 fully saturated rings. The van der Waals surface area contributed by atoms with Gasteiger partial charge in [-0.25, -0.2) is 0 Å². The van der Waals surface area contributed by atoms with Gasteiger partial charge in [0.05, 0.1) is 12.7 Å². The molecule has 0 aromatic rings. The third-order valence-corrected chi connectivity index (χ3v) is 5.93. The largest absolute Gasteiger partial charge is 0.378 e. The number of hydrogen-bond donors (Lipinski definition) is 0. The van der Waals surface area contributed by atoms with Crippen molar-refractivity contribution in [2.75, 3.05) is 6.61 Å². The Morgan fingerprint density at radius 2 is 1.55 bits per heavy atom. The molecule has 0 saturated heterocycles. The lowest BCUT2D eigenvalue weighted by atomic mass is 9.70. The highest BCUT2D eigenvalue weighted by Crippen LogP contribution is 2.41. The molecule has 1 nitrogen and oxygen atoms in total. The first-order valence-electron chi connectivity index (χ1n) is 9.67. The van der Waals surface area contributed by atoms with E-state index in [-0.39, 0.29) is 0 Å². The molecule has 1 heteroatoms. The van der Waals surface area contributed by atoms with E-state index in [1.165, 1.54) is 64.2 Å². The lowest BCUT2D eigenvalue weighted by Crippen LogP contribution is -2.28. The van der Waals surface area contributed by atoms with Gasteiger partial charge in [-0.1, -0.05) is 31.1 Å². The van der Waals surface area contributed by atoms with Crippen molar-refractivity contribution >= 4 is 0 Å². The van der Waals surface area contributed by atoms with Crippen LogP contribution in [0.4, 0.5) is 0 Å². The quantitative estimate of drug-likeness (QED) is 0.377. The molecule has 0 aromatic carbocycles. The number of allylic oxidation sites excluding steroid dienone is 2. The van der Waals surface area contributed by atoms with Gasteiger partial charge in [0.25, 0.3) is 0 Å². The van der Waals surface area contributed by atoms with Crippen molar-refractivity contribution in [2.45, 2.75) is 83.7 Å². The molecule has 0 radical (unpaired) electrons. The standard InChI is InChI=1S/C21H36O/c1-3-5-7-17-22-21-15-13-20(14-16-21)19-11-9-18(10-12-19)8-6-4-2/h3-5,18-21H,2,6-17H2,1H3/b5-3-/t18-,19-,20-,21-. The molecule has 0 aliphatic heterocycles. The third kappa shape index (κ3) is 5.91. The van der Waals surface area contributed by atoms with Crippen LogP contribution in [0.5, 0.6) is 0 Å². The van der Waals surface area contributed by atoms with Crippen LogP contribution < -0.4 is 0 Å². The first-order chi connectivity index (χ1) is 10.8. The molecule has 0 atom stereocenters. The number of ether oxygens (including phenoxy) is 1. The van der Waals surface area contributed by atoms with Gasteiger partial charge in [0.15, 0.2) is 0 Å². The van der Waals surface area contributed by atoms with Crippen LogP contribution in [0.2, 0.25) is 0 Å². The van der Waals surface area contributed by atoms with E-state index in [1.54, 1.807) is 0 Å². The summed E-state index contributed by atoms with van der Waals surface area (Å²) in [6.45, 7) is 6.85. The Hall–Kier alpha value is -0.560. The number of hydrogen-bond acceptors (Lipinski definition) is 1. The summed E-state index contributed by atoms with van der Waals surface area (Å²) in [6, 6.07) is 0. The molecule has 0 N–H and O–H groups in total. The molecule has 0 bridgehead atoms. The summed E-state index contributed by atoms with van der Waals surface area (Å²) in [5, 5.41) is 0. The maximum atomic E-state index is 6.02. The Balaban J connectivity index is 1.60. The van der Waals surface area contributed by atoms with Crippen molar-refractivity contribution in [1.29, 1.82) is 0 Å². The predicted molar refractivity (Wildman–Crippen MR) is 96.0 cm³/mol. The second-order valence-corrected chi connectivity index (χ2v) is 7.41. The van der Waals surface area contributed by atoms with Crippen LogP contribution in [-0.4, -0.2) is 12.7 Å². The van der Waals surface area contributed by atoms with Gasteiger partial charge in [-0.2, -0.15) is 0 Å². The van der Waals surface area contributed by atoms with Crippen LogP contribution in [-0.2, 0) is 4.74 Å². The van der Waals surface area contributed by atoms with Crippen LogP contribution in [0.3, 0.4) is 0 Å². The fourth-order valence-corrected chi connectivity index (χ4v) is 4.50. The van der Waals surface area contributed by atoms with Crippen molar-refractivity contribution in [3.63, 3.8) is 0 Å². The smallest absolute Gasteiger partial charge is 0.0575 e. The van der Waals surface area contributed by atoms with E-state index in [4.69, 9.17) is 4.74 Å². The van der Waals surface area contributed by atoms with Gasteiger partial charge in [-0.3, -0.25) is 0 Å². The Bertz CT molecular complexity index is 317. The molecule has 2 rings (SSSR count). The topological polar surface area (TPSA) is 9.23 Å². The maximum absolute atomic E-state index is 6.02. The van der Waals surface area contributed by atoms with Gasteiger partial charge in [-0.15, -0.1) is 6.58 Å². The minimum atomic E-state index is 0.547. The van der Waals surface area contributed by atoms with E-state index in [0.717, 1.165) is 30.8 Å². The van der Waals surface area contributed by atoms with E-state index in [9.17, 15) is 0 Å². The van der Waals surface area contributed by atoms with Crippen LogP contribution in [0.15, 0.2) is 24.8 Å². The minimum absolute atomic E-state index is 0.547. The van der Waals surface area contributed by atoms with Crippen molar-refractivity contribution in [3.8, 4) is 0 Å². The Morgan fingerprint density at radius 1 is 0.909 bits per heavy atom. The van der Waals surface area contributed by atoms with Gasteiger partial charge in [0, 0.05) is 0 Å². The zero-order chi connectivity index (χ0) is 15.6. The summed E-state index contributed by atoms with van der Waals surface area (Å²) >= 11 is 0. The van der Waals surface area contributed by atoms with E-state index in [2.05, 4.69) is 31.7 Å². The molecule has 2 saturated carbocycles. The molecule has 22 heavy (non-hydrogen) atoms. The molecule has 0 spiro atoms. The molecule has 0 aromatic heterocycles. The fraction of sp³-hybridized carbons (Fsp3) is 0.810. The Kier molecular flexibility index (Phi) is 8.30. The van der Waals surface area contributed by atoms with E-state index >= 15 is 0 Å². The highest BCUT2D eigenvalue weighted by Gasteiger charge is 2.30. The summed E-state index contributed by atoms with van der Waals surface area (Å²) in [5.74, 6) is 3.00. The summed E-state index contributed by atoms with van der Waals surface area (Å²) in [7, 11) is 0. The second-order valence-electron chi connectivity index (χ2n) is 7.41. The third-order valence-electron chi connectivity index (χ3n) is 5.93.